The van der Waals surface area contributed by atoms with Gasteiger partial charge in [0.1, 0.15) is 24.0 Å². The Labute approximate surface area is 172 Å². The van der Waals surface area contributed by atoms with Gasteiger partial charge in [-0.3, -0.25) is 4.79 Å². The molecule has 3 rings (SSSR count). The van der Waals surface area contributed by atoms with E-state index in [1.54, 1.807) is 14.2 Å². The van der Waals surface area contributed by atoms with Crippen molar-refractivity contribution >= 4 is 11.7 Å². The highest BCUT2D eigenvalue weighted by Gasteiger charge is 2.25. The maximum Gasteiger partial charge on any atom is 0.248 e. The van der Waals surface area contributed by atoms with Gasteiger partial charge in [0.15, 0.2) is 0 Å². The molecule has 2 heterocycles. The Balaban J connectivity index is 1.86. The van der Waals surface area contributed by atoms with Gasteiger partial charge in [0, 0.05) is 51.0 Å². The van der Waals surface area contributed by atoms with Gasteiger partial charge in [-0.15, -0.1) is 0 Å². The van der Waals surface area contributed by atoms with Gasteiger partial charge < -0.3 is 19.3 Å². The molecule has 0 spiro atoms. The van der Waals surface area contributed by atoms with Crippen LogP contribution in [0.25, 0.3) is 0 Å². The molecule has 0 atom stereocenters. The predicted molar refractivity (Wildman–Crippen MR) is 113 cm³/mol. The first-order chi connectivity index (χ1) is 14.0. The minimum absolute atomic E-state index is 0.0388. The number of carbonyl (C=O) groups excluding carboxylic acids is 1. The smallest absolute Gasteiger partial charge is 0.248 e. The Kier molecular flexibility index (Phi) is 7.04. The van der Waals surface area contributed by atoms with E-state index < -0.39 is 0 Å². The van der Waals surface area contributed by atoms with Crippen molar-refractivity contribution in [2.45, 2.75) is 26.7 Å². The number of methoxy groups -OCH3 is 2. The molecule has 0 saturated carbocycles. The summed E-state index contributed by atoms with van der Waals surface area (Å²) in [6, 6.07) is 8.12. The summed E-state index contributed by atoms with van der Waals surface area (Å²) in [6.45, 7) is 7.04. The van der Waals surface area contributed by atoms with E-state index in [0.717, 1.165) is 54.6 Å². The number of benzene rings is 1. The van der Waals surface area contributed by atoms with Gasteiger partial charge in [-0.05, 0) is 31.0 Å². The molecule has 1 aliphatic rings. The molecule has 0 radical (unpaired) electrons. The first-order valence-electron chi connectivity index (χ1n) is 10.1. The van der Waals surface area contributed by atoms with E-state index >= 15 is 0 Å². The lowest BCUT2D eigenvalue weighted by molar-refractivity contribution is -0.135. The molecule has 1 saturated heterocycles. The molecule has 0 bridgehead atoms. The molecule has 29 heavy (non-hydrogen) atoms. The number of piperazine rings is 1. The number of rotatable bonds is 7. The topological polar surface area (TPSA) is 67.8 Å². The Hall–Kier alpha value is -2.67. The molecule has 7 heteroatoms. The highest BCUT2D eigenvalue weighted by molar-refractivity contribution is 5.77. The van der Waals surface area contributed by atoms with Crippen molar-refractivity contribution in [1.29, 1.82) is 0 Å². The molecule has 0 N–H and O–H groups in total. The third-order valence-electron chi connectivity index (χ3n) is 5.23. The van der Waals surface area contributed by atoms with Gasteiger partial charge in [0.2, 0.25) is 5.91 Å². The number of hydrogen-bond acceptors (Lipinski definition) is 6. The van der Waals surface area contributed by atoms with E-state index in [2.05, 4.69) is 24.0 Å². The summed E-state index contributed by atoms with van der Waals surface area (Å²) < 4.78 is 10.4. The van der Waals surface area contributed by atoms with Crippen molar-refractivity contribution in [2.75, 3.05) is 51.9 Å². The average Bonchev–Trinajstić information content (AvgIpc) is 2.75. The molecule has 1 fully saturated rings. The second kappa shape index (κ2) is 9.69. The fourth-order valence-corrected chi connectivity index (χ4v) is 3.74. The van der Waals surface area contributed by atoms with Crippen LogP contribution >= 0.6 is 0 Å². The number of carbonyl (C=O) groups is 1. The van der Waals surface area contributed by atoms with Crippen molar-refractivity contribution in [3.05, 3.63) is 46.9 Å². The van der Waals surface area contributed by atoms with Gasteiger partial charge in [-0.25, -0.2) is 9.97 Å². The third kappa shape index (κ3) is 5.03. The molecular formula is C22H30N4O3. The van der Waals surface area contributed by atoms with E-state index in [9.17, 15) is 4.79 Å². The summed E-state index contributed by atoms with van der Waals surface area (Å²) >= 11 is 0. The summed E-state index contributed by atoms with van der Waals surface area (Å²) in [5.74, 6) is 2.65. The van der Waals surface area contributed by atoms with Crippen LogP contribution in [0.2, 0.25) is 0 Å². The third-order valence-corrected chi connectivity index (χ3v) is 5.23. The lowest BCUT2D eigenvalue weighted by Crippen LogP contribution is -2.50. The fourth-order valence-electron chi connectivity index (χ4n) is 3.74. The number of nitrogens with zero attached hydrogens (tertiary/aromatic N) is 4. The molecule has 1 amide bonds. The SMILES string of the molecule is CCc1nc(C)nc(N2CCN(C(=O)COC)CC2)c1Cc1cccc(OC)c1. The zero-order valence-electron chi connectivity index (χ0n) is 17.8. The van der Waals surface area contributed by atoms with Gasteiger partial charge in [0.05, 0.1) is 7.11 Å². The number of ether oxygens (including phenoxy) is 2. The molecule has 2 aromatic rings. The van der Waals surface area contributed by atoms with E-state index in [4.69, 9.17) is 19.4 Å². The van der Waals surface area contributed by atoms with Crippen LogP contribution in [-0.4, -0.2) is 67.8 Å². The summed E-state index contributed by atoms with van der Waals surface area (Å²) in [7, 11) is 3.23. The van der Waals surface area contributed by atoms with Crippen molar-refractivity contribution in [2.24, 2.45) is 0 Å². The number of anilines is 1. The molecule has 156 valence electrons. The van der Waals surface area contributed by atoms with Crippen molar-refractivity contribution < 1.29 is 14.3 Å². The number of amides is 1. The highest BCUT2D eigenvalue weighted by atomic mass is 16.5. The summed E-state index contributed by atoms with van der Waals surface area (Å²) in [4.78, 5) is 25.8. The van der Waals surface area contributed by atoms with Crippen LogP contribution < -0.4 is 9.64 Å². The summed E-state index contributed by atoms with van der Waals surface area (Å²) in [5.41, 5.74) is 3.40. The van der Waals surface area contributed by atoms with Crippen molar-refractivity contribution in [3.8, 4) is 5.75 Å². The lowest BCUT2D eigenvalue weighted by atomic mass is 10.0. The Morgan fingerprint density at radius 2 is 1.90 bits per heavy atom. The molecule has 7 nitrogen and oxygen atoms in total. The van der Waals surface area contributed by atoms with E-state index in [1.165, 1.54) is 5.56 Å². The summed E-state index contributed by atoms with van der Waals surface area (Å²) in [5, 5.41) is 0. The zero-order chi connectivity index (χ0) is 20.8. The van der Waals surface area contributed by atoms with E-state index in [1.807, 2.05) is 24.0 Å². The zero-order valence-corrected chi connectivity index (χ0v) is 17.8. The first kappa shape index (κ1) is 21.0. The van der Waals surface area contributed by atoms with Crippen LogP contribution in [0.3, 0.4) is 0 Å². The van der Waals surface area contributed by atoms with Crippen LogP contribution in [0.15, 0.2) is 24.3 Å². The number of aromatic nitrogens is 2. The van der Waals surface area contributed by atoms with E-state index in [0.29, 0.717) is 13.1 Å². The Bertz CT molecular complexity index is 848. The molecule has 0 aliphatic carbocycles. The molecule has 1 aliphatic heterocycles. The predicted octanol–water partition coefficient (Wildman–Crippen LogP) is 2.24. The fraction of sp³-hybridized carbons (Fsp3) is 0.500. The largest absolute Gasteiger partial charge is 0.497 e. The summed E-state index contributed by atoms with van der Waals surface area (Å²) in [6.07, 6.45) is 1.60. The molecule has 1 aromatic heterocycles. The molecule has 1 aromatic carbocycles. The quantitative estimate of drug-likeness (QED) is 0.713. The van der Waals surface area contributed by atoms with Crippen LogP contribution in [0.5, 0.6) is 5.75 Å². The molecular weight excluding hydrogens is 368 g/mol. The first-order valence-corrected chi connectivity index (χ1v) is 10.1. The standard InChI is InChI=1S/C22H30N4O3/c1-5-20-19(14-17-7-6-8-18(13-17)29-4)22(24-16(2)23-20)26-11-9-25(10-12-26)21(27)15-28-3/h6-8,13H,5,9-12,14-15H2,1-4H3. The van der Waals surface area contributed by atoms with E-state index in [-0.39, 0.29) is 12.5 Å². The number of hydrogen-bond donors (Lipinski definition) is 0. The van der Waals surface area contributed by atoms with Crippen LogP contribution in [-0.2, 0) is 22.4 Å². The normalized spacial score (nSPS) is 14.2. The van der Waals surface area contributed by atoms with Gasteiger partial charge in [-0.1, -0.05) is 19.1 Å². The van der Waals surface area contributed by atoms with Crippen LogP contribution in [0.4, 0.5) is 5.82 Å². The minimum Gasteiger partial charge on any atom is -0.497 e. The second-order valence-electron chi connectivity index (χ2n) is 7.20. The van der Waals surface area contributed by atoms with Gasteiger partial charge in [0.25, 0.3) is 0 Å². The lowest BCUT2D eigenvalue weighted by Gasteiger charge is -2.36. The van der Waals surface area contributed by atoms with Gasteiger partial charge in [-0.2, -0.15) is 0 Å². The Morgan fingerprint density at radius 3 is 2.55 bits per heavy atom. The monoisotopic (exact) mass is 398 g/mol. The maximum absolute atomic E-state index is 12.1. The second-order valence-corrected chi connectivity index (χ2v) is 7.20. The van der Waals surface area contributed by atoms with Crippen molar-refractivity contribution in [1.82, 2.24) is 14.9 Å². The van der Waals surface area contributed by atoms with Crippen molar-refractivity contribution in [3.63, 3.8) is 0 Å². The molecule has 0 unspecified atom stereocenters. The number of aryl methyl sites for hydroxylation is 2. The van der Waals surface area contributed by atoms with Gasteiger partial charge >= 0.3 is 0 Å². The minimum atomic E-state index is 0.0388. The maximum atomic E-state index is 12.1. The van der Waals surface area contributed by atoms with Crippen LogP contribution in [0.1, 0.15) is 29.6 Å². The average molecular weight is 399 g/mol. The highest BCUT2D eigenvalue weighted by Crippen LogP contribution is 2.27. The Morgan fingerprint density at radius 1 is 1.14 bits per heavy atom. The van der Waals surface area contributed by atoms with Crippen LogP contribution in [0, 0.1) is 6.92 Å².